The Morgan fingerprint density at radius 3 is 2.53 bits per heavy atom. The summed E-state index contributed by atoms with van der Waals surface area (Å²) in [6.45, 7) is 12.7. The summed E-state index contributed by atoms with van der Waals surface area (Å²) in [5.74, 6) is 1.81. The van der Waals surface area contributed by atoms with E-state index in [2.05, 4.69) is 29.0 Å². The maximum Gasteiger partial charge on any atom is 0.227 e. The van der Waals surface area contributed by atoms with Crippen LogP contribution in [0.4, 0.5) is 0 Å². The second kappa shape index (κ2) is 12.7. The summed E-state index contributed by atoms with van der Waals surface area (Å²) in [7, 11) is 0. The molecule has 1 aromatic rings. The zero-order valence-corrected chi connectivity index (χ0v) is 21.2. The maximum absolute atomic E-state index is 12.7. The number of rotatable bonds is 6. The summed E-state index contributed by atoms with van der Waals surface area (Å²) in [5, 5.41) is 4.11. The molecule has 2 saturated heterocycles. The van der Waals surface area contributed by atoms with Crippen molar-refractivity contribution in [2.24, 2.45) is 10.9 Å². The molecule has 0 aromatic heterocycles. The number of carbonyl (C=O) groups excluding carboxylic acids is 1. The molecule has 168 valence electrons. The predicted octanol–water partition coefficient (Wildman–Crippen LogP) is 2.95. The molecule has 1 aromatic carbocycles. The van der Waals surface area contributed by atoms with E-state index in [1.165, 1.54) is 13.0 Å². The topological polar surface area (TPSA) is 51.2 Å². The smallest absolute Gasteiger partial charge is 0.227 e. The zero-order chi connectivity index (χ0) is 20.6. The minimum atomic E-state index is 0. The molecule has 0 bridgehead atoms. The average molecular weight is 548 g/mol. The van der Waals surface area contributed by atoms with Crippen LogP contribution in [0.2, 0.25) is 5.02 Å². The molecule has 2 fully saturated rings. The van der Waals surface area contributed by atoms with Gasteiger partial charge in [0.1, 0.15) is 0 Å². The third kappa shape index (κ3) is 7.27. The molecule has 2 aliphatic heterocycles. The van der Waals surface area contributed by atoms with Crippen LogP contribution in [0, 0.1) is 5.92 Å². The standard InChI is InChI=1S/C22H34ClN5O.HI/c1-3-24-22(25-16-19-8-9-26(4-2)17-19)28-12-10-27(11-13-28)21(29)15-18-6-5-7-20(23)14-18;/h5-7,14,19H,3-4,8-13,15-17H2,1-2H3,(H,24,25);1H. The third-order valence-corrected chi connectivity index (χ3v) is 6.06. The van der Waals surface area contributed by atoms with Crippen LogP contribution in [-0.2, 0) is 11.2 Å². The molecule has 2 aliphatic rings. The lowest BCUT2D eigenvalue weighted by molar-refractivity contribution is -0.131. The molecule has 1 amide bonds. The molecule has 30 heavy (non-hydrogen) atoms. The van der Waals surface area contributed by atoms with Crippen LogP contribution in [0.1, 0.15) is 25.8 Å². The van der Waals surface area contributed by atoms with Crippen molar-refractivity contribution in [2.45, 2.75) is 26.7 Å². The number of aliphatic imine (C=N–C) groups is 1. The summed E-state index contributed by atoms with van der Waals surface area (Å²) in [5.41, 5.74) is 0.970. The molecule has 6 nitrogen and oxygen atoms in total. The Kier molecular flexibility index (Phi) is 10.7. The Morgan fingerprint density at radius 1 is 1.17 bits per heavy atom. The molecule has 0 radical (unpaired) electrons. The lowest BCUT2D eigenvalue weighted by Crippen LogP contribution is -2.54. The van der Waals surface area contributed by atoms with E-state index in [-0.39, 0.29) is 29.9 Å². The van der Waals surface area contributed by atoms with Gasteiger partial charge in [0.05, 0.1) is 6.42 Å². The fraction of sp³-hybridized carbons (Fsp3) is 0.636. The quantitative estimate of drug-likeness (QED) is 0.338. The van der Waals surface area contributed by atoms with Crippen molar-refractivity contribution in [3.8, 4) is 0 Å². The van der Waals surface area contributed by atoms with E-state index in [0.717, 1.165) is 63.9 Å². The first-order valence-corrected chi connectivity index (χ1v) is 11.2. The Morgan fingerprint density at radius 2 is 1.90 bits per heavy atom. The van der Waals surface area contributed by atoms with E-state index in [0.29, 0.717) is 17.4 Å². The van der Waals surface area contributed by atoms with E-state index >= 15 is 0 Å². The van der Waals surface area contributed by atoms with E-state index in [4.69, 9.17) is 16.6 Å². The van der Waals surface area contributed by atoms with Gasteiger partial charge in [-0.15, -0.1) is 24.0 Å². The van der Waals surface area contributed by atoms with Crippen LogP contribution >= 0.6 is 35.6 Å². The van der Waals surface area contributed by atoms with Gasteiger partial charge in [0.25, 0.3) is 0 Å². The van der Waals surface area contributed by atoms with Crippen LogP contribution in [0.3, 0.4) is 0 Å². The highest BCUT2D eigenvalue weighted by Gasteiger charge is 2.24. The van der Waals surface area contributed by atoms with Gasteiger partial charge in [-0.25, -0.2) is 0 Å². The number of amides is 1. The first-order valence-electron chi connectivity index (χ1n) is 10.9. The van der Waals surface area contributed by atoms with Gasteiger partial charge < -0.3 is 20.0 Å². The zero-order valence-electron chi connectivity index (χ0n) is 18.1. The molecule has 0 saturated carbocycles. The largest absolute Gasteiger partial charge is 0.357 e. The van der Waals surface area contributed by atoms with Gasteiger partial charge in [-0.1, -0.05) is 30.7 Å². The monoisotopic (exact) mass is 547 g/mol. The Bertz CT molecular complexity index is 709. The van der Waals surface area contributed by atoms with E-state index in [9.17, 15) is 4.79 Å². The molecule has 1 unspecified atom stereocenters. The van der Waals surface area contributed by atoms with Crippen molar-refractivity contribution in [3.05, 3.63) is 34.9 Å². The summed E-state index contributed by atoms with van der Waals surface area (Å²) in [4.78, 5) is 24.3. The minimum Gasteiger partial charge on any atom is -0.357 e. The average Bonchev–Trinajstić information content (AvgIpc) is 3.19. The highest BCUT2D eigenvalue weighted by Crippen LogP contribution is 2.16. The van der Waals surface area contributed by atoms with E-state index in [1.54, 1.807) is 0 Å². The molecule has 0 spiro atoms. The first-order chi connectivity index (χ1) is 14.1. The number of carbonyl (C=O) groups is 1. The van der Waals surface area contributed by atoms with Gasteiger partial charge in [0.15, 0.2) is 5.96 Å². The summed E-state index contributed by atoms with van der Waals surface area (Å²) in [6.07, 6.45) is 1.65. The normalized spacial score (nSPS) is 20.2. The van der Waals surface area contributed by atoms with Crippen LogP contribution in [0.15, 0.2) is 29.3 Å². The second-order valence-corrected chi connectivity index (χ2v) is 8.35. The van der Waals surface area contributed by atoms with Crippen LogP contribution in [0.25, 0.3) is 0 Å². The van der Waals surface area contributed by atoms with E-state index in [1.807, 2.05) is 29.2 Å². The lowest BCUT2D eigenvalue weighted by Gasteiger charge is -2.36. The Hall–Kier alpha value is -1.06. The van der Waals surface area contributed by atoms with Crippen LogP contribution in [-0.4, -0.2) is 85.5 Å². The molecular weight excluding hydrogens is 513 g/mol. The Labute approximate surface area is 203 Å². The van der Waals surface area contributed by atoms with Gasteiger partial charge in [0.2, 0.25) is 5.91 Å². The number of nitrogens with zero attached hydrogens (tertiary/aromatic N) is 4. The molecular formula is C22H35ClIN5O. The fourth-order valence-corrected chi connectivity index (χ4v) is 4.30. The predicted molar refractivity (Wildman–Crippen MR) is 135 cm³/mol. The third-order valence-electron chi connectivity index (χ3n) is 5.83. The summed E-state index contributed by atoms with van der Waals surface area (Å²) >= 11 is 6.04. The summed E-state index contributed by atoms with van der Waals surface area (Å²) in [6, 6.07) is 7.56. The Balaban J connectivity index is 0.00000320. The number of halogens is 2. The van der Waals surface area contributed by atoms with E-state index < -0.39 is 0 Å². The van der Waals surface area contributed by atoms with Crippen molar-refractivity contribution in [1.82, 2.24) is 20.0 Å². The minimum absolute atomic E-state index is 0. The van der Waals surface area contributed by atoms with Gasteiger partial charge in [0, 0.05) is 50.8 Å². The number of nitrogens with one attached hydrogen (secondary N) is 1. The molecule has 8 heteroatoms. The maximum atomic E-state index is 12.7. The lowest BCUT2D eigenvalue weighted by atomic mass is 10.1. The number of benzene rings is 1. The van der Waals surface area contributed by atoms with Crippen LogP contribution < -0.4 is 5.32 Å². The number of likely N-dealkylation sites (tertiary alicyclic amines) is 1. The number of hydrogen-bond acceptors (Lipinski definition) is 3. The van der Waals surface area contributed by atoms with Gasteiger partial charge >= 0.3 is 0 Å². The van der Waals surface area contributed by atoms with Crippen molar-refractivity contribution in [3.63, 3.8) is 0 Å². The van der Waals surface area contributed by atoms with Crippen molar-refractivity contribution < 1.29 is 4.79 Å². The van der Waals surface area contributed by atoms with Gasteiger partial charge in [-0.05, 0) is 50.0 Å². The van der Waals surface area contributed by atoms with Crippen molar-refractivity contribution >= 4 is 47.4 Å². The highest BCUT2D eigenvalue weighted by molar-refractivity contribution is 14.0. The molecule has 3 rings (SSSR count). The van der Waals surface area contributed by atoms with Gasteiger partial charge in [-0.3, -0.25) is 9.79 Å². The SMILES string of the molecule is CCNC(=NCC1CCN(CC)C1)N1CCN(C(=O)Cc2cccc(Cl)c2)CC1.I. The van der Waals surface area contributed by atoms with Crippen LogP contribution in [0.5, 0.6) is 0 Å². The van der Waals surface area contributed by atoms with Crippen molar-refractivity contribution in [1.29, 1.82) is 0 Å². The highest BCUT2D eigenvalue weighted by atomic mass is 127. The number of guanidine groups is 1. The molecule has 2 heterocycles. The molecule has 1 N–H and O–H groups in total. The summed E-state index contributed by atoms with van der Waals surface area (Å²) < 4.78 is 0. The number of hydrogen-bond donors (Lipinski definition) is 1. The van der Waals surface area contributed by atoms with Crippen molar-refractivity contribution in [2.75, 3.05) is 58.9 Å². The molecule has 0 aliphatic carbocycles. The fourth-order valence-electron chi connectivity index (χ4n) is 4.09. The second-order valence-electron chi connectivity index (χ2n) is 7.92. The van der Waals surface area contributed by atoms with Gasteiger partial charge in [-0.2, -0.15) is 0 Å². The number of piperazine rings is 1. The molecule has 1 atom stereocenters. The first kappa shape index (κ1) is 25.2.